The summed E-state index contributed by atoms with van der Waals surface area (Å²) < 4.78 is 14.8. The molecule has 0 unspecified atom stereocenters. The molecule has 0 aliphatic carbocycles. The molecule has 1 aromatic carbocycles. The Labute approximate surface area is 101 Å². The van der Waals surface area contributed by atoms with E-state index in [0.29, 0.717) is 11.5 Å². The molecule has 0 saturated heterocycles. The van der Waals surface area contributed by atoms with E-state index in [1.807, 2.05) is 24.3 Å². The van der Waals surface area contributed by atoms with Crippen LogP contribution in [0.2, 0.25) is 0 Å². The molecule has 0 aliphatic heterocycles. The van der Waals surface area contributed by atoms with Crippen LogP contribution in [0.4, 0.5) is 0 Å². The molecule has 4 nitrogen and oxygen atoms in total. The van der Waals surface area contributed by atoms with Crippen LogP contribution in [0.5, 0.6) is 11.5 Å². The van der Waals surface area contributed by atoms with Crippen molar-refractivity contribution in [3.05, 3.63) is 29.8 Å². The van der Waals surface area contributed by atoms with Crippen molar-refractivity contribution in [3.8, 4) is 11.5 Å². The first kappa shape index (κ1) is 13.1. The fraction of sp³-hybridized carbons (Fsp3) is 0.308. The average molecular weight is 236 g/mol. The van der Waals surface area contributed by atoms with Gasteiger partial charge in [0.15, 0.2) is 11.5 Å². The standard InChI is InChI=1S/C13H16O4/c1-15-11-8-7-10(9-12(11)16-2)5-4-6-13(14)17-3/h4-5,7-9H,6H2,1-3H3. The molecule has 1 aromatic rings. The number of methoxy groups -OCH3 is 3. The van der Waals surface area contributed by atoms with Crippen LogP contribution >= 0.6 is 0 Å². The molecule has 0 aromatic heterocycles. The summed E-state index contributed by atoms with van der Waals surface area (Å²) in [5.41, 5.74) is 0.937. The van der Waals surface area contributed by atoms with Gasteiger partial charge in [0.05, 0.1) is 27.8 Å². The summed E-state index contributed by atoms with van der Waals surface area (Å²) in [6, 6.07) is 5.54. The lowest BCUT2D eigenvalue weighted by Gasteiger charge is -2.07. The topological polar surface area (TPSA) is 44.8 Å². The van der Waals surface area contributed by atoms with E-state index in [4.69, 9.17) is 9.47 Å². The Balaban J connectivity index is 2.75. The summed E-state index contributed by atoms with van der Waals surface area (Å²) in [5, 5.41) is 0. The summed E-state index contributed by atoms with van der Waals surface area (Å²) in [6.07, 6.45) is 3.83. The first-order valence-electron chi connectivity index (χ1n) is 5.16. The van der Waals surface area contributed by atoms with Crippen LogP contribution in [0.15, 0.2) is 24.3 Å². The number of esters is 1. The number of ether oxygens (including phenoxy) is 3. The molecule has 1 rings (SSSR count). The summed E-state index contributed by atoms with van der Waals surface area (Å²) in [6.45, 7) is 0. The van der Waals surface area contributed by atoms with Gasteiger partial charge < -0.3 is 14.2 Å². The molecule has 0 bridgehead atoms. The van der Waals surface area contributed by atoms with Crippen LogP contribution in [0.1, 0.15) is 12.0 Å². The number of benzene rings is 1. The van der Waals surface area contributed by atoms with Gasteiger partial charge in [-0.25, -0.2) is 0 Å². The Morgan fingerprint density at radius 3 is 2.47 bits per heavy atom. The van der Waals surface area contributed by atoms with Gasteiger partial charge in [0.25, 0.3) is 0 Å². The van der Waals surface area contributed by atoms with Crippen LogP contribution in [0, 0.1) is 0 Å². The quantitative estimate of drug-likeness (QED) is 0.736. The van der Waals surface area contributed by atoms with E-state index < -0.39 is 0 Å². The summed E-state index contributed by atoms with van der Waals surface area (Å²) >= 11 is 0. The van der Waals surface area contributed by atoms with Gasteiger partial charge in [-0.1, -0.05) is 18.2 Å². The maximum absolute atomic E-state index is 10.9. The fourth-order valence-corrected chi connectivity index (χ4v) is 1.33. The maximum atomic E-state index is 10.9. The van der Waals surface area contributed by atoms with Gasteiger partial charge in [-0.15, -0.1) is 0 Å². The van der Waals surface area contributed by atoms with E-state index in [9.17, 15) is 4.79 Å². The van der Waals surface area contributed by atoms with E-state index in [0.717, 1.165) is 5.56 Å². The van der Waals surface area contributed by atoms with Gasteiger partial charge in [-0.2, -0.15) is 0 Å². The minimum atomic E-state index is -0.262. The third kappa shape index (κ3) is 3.83. The number of rotatable bonds is 5. The monoisotopic (exact) mass is 236 g/mol. The molecule has 17 heavy (non-hydrogen) atoms. The zero-order valence-electron chi connectivity index (χ0n) is 10.2. The van der Waals surface area contributed by atoms with E-state index in [1.54, 1.807) is 20.3 Å². The van der Waals surface area contributed by atoms with Gasteiger partial charge in [0.1, 0.15) is 0 Å². The molecule has 0 fully saturated rings. The van der Waals surface area contributed by atoms with Crippen molar-refractivity contribution in [1.82, 2.24) is 0 Å². The second-order valence-corrected chi connectivity index (χ2v) is 3.30. The average Bonchev–Trinajstić information content (AvgIpc) is 2.38. The molecule has 0 heterocycles. The predicted octanol–water partition coefficient (Wildman–Crippen LogP) is 2.28. The lowest BCUT2D eigenvalue weighted by Crippen LogP contribution is -1.96. The Morgan fingerprint density at radius 2 is 1.88 bits per heavy atom. The van der Waals surface area contributed by atoms with Crippen LogP contribution in [0.25, 0.3) is 6.08 Å². The van der Waals surface area contributed by atoms with Crippen molar-refractivity contribution in [1.29, 1.82) is 0 Å². The molecular weight excluding hydrogens is 220 g/mol. The molecule has 0 atom stereocenters. The minimum absolute atomic E-state index is 0.255. The molecule has 0 amide bonds. The van der Waals surface area contributed by atoms with Gasteiger partial charge >= 0.3 is 5.97 Å². The zero-order valence-corrected chi connectivity index (χ0v) is 10.2. The molecular formula is C13H16O4. The smallest absolute Gasteiger partial charge is 0.309 e. The molecule has 4 heteroatoms. The van der Waals surface area contributed by atoms with Crippen LogP contribution in [0.3, 0.4) is 0 Å². The third-order valence-corrected chi connectivity index (χ3v) is 2.23. The Hall–Kier alpha value is -1.97. The second kappa shape index (κ2) is 6.58. The Kier molecular flexibility index (Phi) is 5.07. The minimum Gasteiger partial charge on any atom is -0.493 e. The molecule has 0 radical (unpaired) electrons. The number of hydrogen-bond donors (Lipinski definition) is 0. The normalized spacial score (nSPS) is 10.3. The Bertz CT molecular complexity index is 410. The molecule has 0 saturated carbocycles. The zero-order chi connectivity index (χ0) is 12.7. The highest BCUT2D eigenvalue weighted by atomic mass is 16.5. The third-order valence-electron chi connectivity index (χ3n) is 2.23. The van der Waals surface area contributed by atoms with Gasteiger partial charge in [-0.05, 0) is 17.7 Å². The van der Waals surface area contributed by atoms with Crippen molar-refractivity contribution >= 4 is 12.0 Å². The van der Waals surface area contributed by atoms with Gasteiger partial charge in [0, 0.05) is 0 Å². The van der Waals surface area contributed by atoms with Crippen molar-refractivity contribution < 1.29 is 19.0 Å². The van der Waals surface area contributed by atoms with E-state index >= 15 is 0 Å². The van der Waals surface area contributed by atoms with Gasteiger partial charge in [0.2, 0.25) is 0 Å². The predicted molar refractivity (Wildman–Crippen MR) is 65.2 cm³/mol. The number of carbonyl (C=O) groups excluding carboxylic acids is 1. The molecule has 0 spiro atoms. The van der Waals surface area contributed by atoms with E-state index in [1.165, 1.54) is 7.11 Å². The van der Waals surface area contributed by atoms with E-state index in [2.05, 4.69) is 4.74 Å². The lowest BCUT2D eigenvalue weighted by atomic mass is 10.2. The number of carbonyl (C=O) groups is 1. The largest absolute Gasteiger partial charge is 0.493 e. The highest BCUT2D eigenvalue weighted by Crippen LogP contribution is 2.27. The van der Waals surface area contributed by atoms with Crippen LogP contribution in [-0.2, 0) is 9.53 Å². The molecule has 0 aliphatic rings. The molecule has 92 valence electrons. The van der Waals surface area contributed by atoms with Crippen molar-refractivity contribution in [2.24, 2.45) is 0 Å². The second-order valence-electron chi connectivity index (χ2n) is 3.30. The fourth-order valence-electron chi connectivity index (χ4n) is 1.33. The summed E-state index contributed by atoms with van der Waals surface area (Å²) in [7, 11) is 4.54. The first-order chi connectivity index (χ1) is 8.21. The van der Waals surface area contributed by atoms with Crippen molar-refractivity contribution in [2.75, 3.05) is 21.3 Å². The summed E-state index contributed by atoms with van der Waals surface area (Å²) in [4.78, 5) is 10.9. The van der Waals surface area contributed by atoms with Crippen molar-refractivity contribution in [3.63, 3.8) is 0 Å². The SMILES string of the molecule is COC(=O)CC=Cc1ccc(OC)c(OC)c1. The molecule has 0 N–H and O–H groups in total. The Morgan fingerprint density at radius 1 is 1.18 bits per heavy atom. The van der Waals surface area contributed by atoms with Crippen molar-refractivity contribution in [2.45, 2.75) is 6.42 Å². The first-order valence-corrected chi connectivity index (χ1v) is 5.16. The van der Waals surface area contributed by atoms with Crippen LogP contribution < -0.4 is 9.47 Å². The van der Waals surface area contributed by atoms with Gasteiger partial charge in [-0.3, -0.25) is 4.79 Å². The van der Waals surface area contributed by atoms with E-state index in [-0.39, 0.29) is 12.4 Å². The van der Waals surface area contributed by atoms with Crippen LogP contribution in [-0.4, -0.2) is 27.3 Å². The highest BCUT2D eigenvalue weighted by Gasteiger charge is 2.02. The highest BCUT2D eigenvalue weighted by molar-refractivity contribution is 5.72. The summed E-state index contributed by atoms with van der Waals surface area (Å²) in [5.74, 6) is 1.08. The number of hydrogen-bond acceptors (Lipinski definition) is 4. The lowest BCUT2D eigenvalue weighted by molar-refractivity contribution is -0.139. The maximum Gasteiger partial charge on any atom is 0.309 e.